The van der Waals surface area contributed by atoms with Crippen molar-refractivity contribution in [1.82, 2.24) is 4.98 Å². The molecule has 0 atom stereocenters. The van der Waals surface area contributed by atoms with Crippen LogP contribution in [0.1, 0.15) is 50.9 Å². The Bertz CT molecular complexity index is 1800. The zero-order chi connectivity index (χ0) is 23.3. The van der Waals surface area contributed by atoms with Crippen molar-refractivity contribution in [3.05, 3.63) is 130 Å². The maximum absolute atomic E-state index is 6.37. The Kier molecular flexibility index (Phi) is 3.64. The van der Waals surface area contributed by atoms with Crippen LogP contribution >= 0.6 is 0 Å². The zero-order valence-corrected chi connectivity index (χ0v) is 19.6. The first-order chi connectivity index (χ1) is 17.2. The number of furan rings is 1. The molecule has 35 heavy (non-hydrogen) atoms. The normalized spacial score (nSPS) is 17.4. The minimum absolute atomic E-state index is 0.226. The summed E-state index contributed by atoms with van der Waals surface area (Å²) in [5.41, 5.74) is 13.7. The number of hydrogen-bond acceptors (Lipinski definition) is 2. The first-order valence-corrected chi connectivity index (χ1v) is 12.2. The summed E-state index contributed by atoms with van der Waals surface area (Å²) in [4.78, 5) is 4.48. The minimum Gasteiger partial charge on any atom is -0.437 e. The molecule has 3 aliphatic carbocycles. The average molecular weight is 452 g/mol. The first kappa shape index (κ1) is 19.1. The fourth-order valence-electron chi connectivity index (χ4n) is 6.67. The molecule has 2 bridgehead atoms. The molecule has 3 aromatic carbocycles. The van der Waals surface area contributed by atoms with Gasteiger partial charge < -0.3 is 4.42 Å². The number of nitrogens with zero attached hydrogens (tertiary/aromatic N) is 2. The van der Waals surface area contributed by atoms with Gasteiger partial charge in [-0.1, -0.05) is 60.7 Å². The molecule has 3 nitrogen and oxygen atoms in total. The average Bonchev–Trinajstić information content (AvgIpc) is 3.28. The Balaban J connectivity index is 1.44. The molecule has 166 valence electrons. The third-order valence-electron chi connectivity index (χ3n) is 8.14. The summed E-state index contributed by atoms with van der Waals surface area (Å²) in [7, 11) is 2.22. The van der Waals surface area contributed by atoms with Crippen molar-refractivity contribution in [2.75, 3.05) is 0 Å². The molecule has 3 heterocycles. The van der Waals surface area contributed by atoms with Gasteiger partial charge in [0.05, 0.1) is 11.5 Å². The van der Waals surface area contributed by atoms with Gasteiger partial charge in [-0.15, -0.1) is 0 Å². The van der Waals surface area contributed by atoms with Crippen molar-refractivity contribution >= 4 is 22.1 Å². The number of aryl methyl sites for hydroxylation is 1. The fraction of sp³-hybridized carbons (Fsp3) is 0.125. The van der Waals surface area contributed by atoms with E-state index in [1.165, 1.54) is 44.8 Å². The van der Waals surface area contributed by atoms with E-state index >= 15 is 0 Å². The van der Waals surface area contributed by atoms with Crippen LogP contribution in [-0.4, -0.2) is 4.98 Å². The highest BCUT2D eigenvalue weighted by Crippen LogP contribution is 2.54. The third kappa shape index (κ3) is 2.35. The van der Waals surface area contributed by atoms with Gasteiger partial charge in [0.1, 0.15) is 7.05 Å². The van der Waals surface area contributed by atoms with Crippen molar-refractivity contribution in [3.8, 4) is 11.3 Å². The molecule has 0 amide bonds. The topological polar surface area (TPSA) is 29.9 Å². The summed E-state index contributed by atoms with van der Waals surface area (Å²) >= 11 is 0. The van der Waals surface area contributed by atoms with Crippen LogP contribution in [0.25, 0.3) is 33.3 Å². The summed E-state index contributed by atoms with van der Waals surface area (Å²) < 4.78 is 8.79. The number of rotatable bonds is 1. The maximum atomic E-state index is 6.37. The van der Waals surface area contributed by atoms with Crippen molar-refractivity contribution < 1.29 is 8.98 Å². The van der Waals surface area contributed by atoms with E-state index in [4.69, 9.17) is 4.42 Å². The predicted molar refractivity (Wildman–Crippen MR) is 138 cm³/mol. The van der Waals surface area contributed by atoms with Crippen molar-refractivity contribution in [1.29, 1.82) is 0 Å². The van der Waals surface area contributed by atoms with E-state index in [0.717, 1.165) is 21.9 Å². The van der Waals surface area contributed by atoms with Crippen molar-refractivity contribution in [3.63, 3.8) is 0 Å². The molecule has 0 spiro atoms. The summed E-state index contributed by atoms with van der Waals surface area (Å²) in [6.07, 6.45) is 1.79. The van der Waals surface area contributed by atoms with E-state index in [9.17, 15) is 0 Å². The summed E-state index contributed by atoms with van der Waals surface area (Å²) in [6.45, 7) is 2.17. The van der Waals surface area contributed by atoms with Gasteiger partial charge in [0.15, 0.2) is 11.3 Å². The third-order valence-corrected chi connectivity index (χ3v) is 8.14. The molecule has 0 saturated heterocycles. The van der Waals surface area contributed by atoms with Crippen molar-refractivity contribution in [2.45, 2.75) is 18.8 Å². The number of fused-ring (bicyclic) bond motifs is 3. The molecule has 3 aliphatic rings. The van der Waals surface area contributed by atoms with Crippen LogP contribution in [0.3, 0.4) is 0 Å². The Morgan fingerprint density at radius 1 is 0.686 bits per heavy atom. The van der Waals surface area contributed by atoms with Crippen LogP contribution < -0.4 is 4.57 Å². The van der Waals surface area contributed by atoms with Gasteiger partial charge in [0.2, 0.25) is 11.4 Å². The van der Waals surface area contributed by atoms with Crippen molar-refractivity contribution in [2.24, 2.45) is 7.05 Å². The van der Waals surface area contributed by atoms with Gasteiger partial charge in [0.25, 0.3) is 0 Å². The van der Waals surface area contributed by atoms with E-state index in [1.54, 1.807) is 6.20 Å². The molecule has 0 radical (unpaired) electrons. The van der Waals surface area contributed by atoms with Crippen LogP contribution in [-0.2, 0) is 7.05 Å². The summed E-state index contributed by atoms with van der Waals surface area (Å²) in [5, 5.41) is 2.18. The van der Waals surface area contributed by atoms with E-state index in [1.807, 2.05) is 6.07 Å². The molecule has 3 aromatic heterocycles. The van der Waals surface area contributed by atoms with E-state index in [2.05, 4.69) is 102 Å². The molecule has 0 saturated carbocycles. The molecular formula is C32H23N2O+. The van der Waals surface area contributed by atoms with Gasteiger partial charge in [-0.25, -0.2) is 4.98 Å². The monoisotopic (exact) mass is 451 g/mol. The van der Waals surface area contributed by atoms with E-state index in [0.29, 0.717) is 5.71 Å². The second kappa shape index (κ2) is 6.67. The lowest BCUT2D eigenvalue weighted by Gasteiger charge is -2.39. The molecular weight excluding hydrogens is 428 g/mol. The first-order valence-electron chi connectivity index (χ1n) is 12.2. The number of hydrogen-bond donors (Lipinski definition) is 0. The maximum Gasteiger partial charge on any atom is 0.227 e. The second-order valence-electron chi connectivity index (χ2n) is 9.83. The smallest absolute Gasteiger partial charge is 0.227 e. The van der Waals surface area contributed by atoms with Gasteiger partial charge >= 0.3 is 0 Å². The quantitative estimate of drug-likeness (QED) is 0.258. The Hall–Kier alpha value is -4.24. The Labute approximate surface area is 203 Å². The summed E-state index contributed by atoms with van der Waals surface area (Å²) in [6, 6.07) is 31.0. The van der Waals surface area contributed by atoms with Gasteiger partial charge in [-0.3, -0.25) is 0 Å². The van der Waals surface area contributed by atoms with Crippen LogP contribution in [0, 0.1) is 6.92 Å². The molecule has 9 rings (SSSR count). The SMILES string of the molecule is Cc1ccc2c(oc3ncccc32)c1-c1ccc2c([n+]1C)C1c3ccccc3C2c2ccccc21. The van der Waals surface area contributed by atoms with E-state index in [-0.39, 0.29) is 11.8 Å². The molecule has 0 unspecified atom stereocenters. The van der Waals surface area contributed by atoms with Gasteiger partial charge in [0, 0.05) is 34.5 Å². The van der Waals surface area contributed by atoms with Crippen LogP contribution in [0.4, 0.5) is 0 Å². The Morgan fingerprint density at radius 2 is 1.37 bits per heavy atom. The second-order valence-corrected chi connectivity index (χ2v) is 9.83. The van der Waals surface area contributed by atoms with Gasteiger partial charge in [-0.05, 0) is 52.9 Å². The lowest BCUT2D eigenvalue weighted by Crippen LogP contribution is -2.44. The molecule has 0 aliphatic heterocycles. The van der Waals surface area contributed by atoms with Crippen LogP contribution in [0.5, 0.6) is 0 Å². The molecule has 0 fully saturated rings. The largest absolute Gasteiger partial charge is 0.437 e. The number of benzene rings is 3. The van der Waals surface area contributed by atoms with Gasteiger partial charge in [-0.2, -0.15) is 4.57 Å². The van der Waals surface area contributed by atoms with Crippen LogP contribution in [0.2, 0.25) is 0 Å². The lowest BCUT2D eigenvalue weighted by atomic mass is 9.62. The highest BCUT2D eigenvalue weighted by atomic mass is 16.3. The summed E-state index contributed by atoms with van der Waals surface area (Å²) in [5.74, 6) is 0.499. The number of pyridine rings is 2. The zero-order valence-electron chi connectivity index (χ0n) is 19.6. The fourth-order valence-corrected chi connectivity index (χ4v) is 6.67. The minimum atomic E-state index is 0.226. The number of aromatic nitrogens is 2. The standard InChI is InChI=1S/C32H23N2O/c1-18-13-14-23-24-12-7-17-33-32(24)35-31(23)27(18)26-16-15-25-28-19-8-3-5-10-21(19)29(30(25)34(26)2)22-11-6-4-9-20(22)28/h3-17,28-29H,1-2H3/q+1. The lowest BCUT2D eigenvalue weighted by molar-refractivity contribution is -0.669. The van der Waals surface area contributed by atoms with Crippen LogP contribution in [0.15, 0.2) is 95.5 Å². The predicted octanol–water partition coefficient (Wildman–Crippen LogP) is 6.77. The van der Waals surface area contributed by atoms with E-state index < -0.39 is 0 Å². The highest BCUT2D eigenvalue weighted by molar-refractivity contribution is 6.08. The highest BCUT2D eigenvalue weighted by Gasteiger charge is 2.46. The molecule has 0 N–H and O–H groups in total. The molecule has 3 heteroatoms. The Morgan fingerprint density at radius 3 is 2.09 bits per heavy atom. The molecule has 6 aromatic rings.